The molecule has 2 heterocycles. The molecule has 1 unspecified atom stereocenters. The van der Waals surface area contributed by atoms with E-state index < -0.39 is 38.5 Å². The van der Waals surface area contributed by atoms with Crippen molar-refractivity contribution in [3.8, 4) is 11.5 Å². The van der Waals surface area contributed by atoms with Crippen molar-refractivity contribution in [3.05, 3.63) is 76.3 Å². The largest absolute Gasteiger partial charge is 0.515 e. The first kappa shape index (κ1) is 28.8. The number of rotatable bonds is 13. The molecule has 0 bridgehead atoms. The number of nitrogens with zero attached hydrogens (tertiary/aromatic N) is 3. The Balaban J connectivity index is 1.31. The smallest absolute Gasteiger partial charge is 0.494 e. The van der Waals surface area contributed by atoms with Crippen LogP contribution in [0.3, 0.4) is 0 Å². The lowest BCUT2D eigenvalue weighted by atomic mass is 10.2. The van der Waals surface area contributed by atoms with E-state index in [0.29, 0.717) is 11.2 Å². The number of H-pyrrole nitrogens is 1. The average molecular weight is 579 g/mol. The van der Waals surface area contributed by atoms with Crippen molar-refractivity contribution in [2.45, 2.75) is 13.2 Å². The summed E-state index contributed by atoms with van der Waals surface area (Å²) in [5.74, 6) is -0.918. The molecule has 0 aliphatic rings. The molecule has 16 heteroatoms. The number of nitrogens with one attached hydrogen (secondary N) is 1. The quantitative estimate of drug-likeness (QED) is 0.0781. The van der Waals surface area contributed by atoms with Gasteiger partial charge >= 0.3 is 6.16 Å². The fourth-order valence-electron chi connectivity index (χ4n) is 3.26. The molecule has 4 rings (SSSR count). The van der Waals surface area contributed by atoms with E-state index in [-0.39, 0.29) is 49.1 Å². The lowest BCUT2D eigenvalue weighted by Crippen LogP contribution is -2.14. The van der Waals surface area contributed by atoms with Crippen LogP contribution in [0.25, 0.3) is 11.2 Å². The Kier molecular flexibility index (Phi) is 9.91. The molecule has 13 nitrogen and oxygen atoms in total. The van der Waals surface area contributed by atoms with Crippen LogP contribution in [0.2, 0.25) is 0 Å². The molecule has 2 aromatic heterocycles. The van der Waals surface area contributed by atoms with Gasteiger partial charge in [0.25, 0.3) is 5.56 Å². The lowest BCUT2D eigenvalue weighted by Gasteiger charge is -2.18. The summed E-state index contributed by atoms with van der Waals surface area (Å²) < 4.78 is 60.4. The number of ether oxygens (including phenoxy) is 4. The summed E-state index contributed by atoms with van der Waals surface area (Å²) >= 11 is 0. The van der Waals surface area contributed by atoms with Gasteiger partial charge in [-0.05, 0) is 42.0 Å². The molecular formula is C24H24F2N5O8P. The second kappa shape index (κ2) is 13.8. The van der Waals surface area contributed by atoms with E-state index >= 15 is 0 Å². The number of methoxy groups -OCH3 is 1. The number of carbonyl (C=O) groups excluding carboxylic acids is 1. The van der Waals surface area contributed by atoms with Gasteiger partial charge in [0.15, 0.2) is 22.7 Å². The zero-order valence-corrected chi connectivity index (χ0v) is 21.9. The number of carbonyl (C=O) groups is 1. The minimum absolute atomic E-state index is 0.0336. The molecule has 3 N–H and O–H groups in total. The van der Waals surface area contributed by atoms with Crippen LogP contribution in [0, 0.1) is 11.6 Å². The van der Waals surface area contributed by atoms with Crippen LogP contribution in [-0.4, -0.2) is 52.5 Å². The summed E-state index contributed by atoms with van der Waals surface area (Å²) in [5.41, 5.74) is 6.10. The van der Waals surface area contributed by atoms with E-state index in [2.05, 4.69) is 15.0 Å². The first-order valence-electron chi connectivity index (χ1n) is 11.6. The number of imidazole rings is 1. The first-order valence-corrected chi connectivity index (χ1v) is 12.9. The molecule has 0 saturated carbocycles. The molecule has 0 radical (unpaired) electrons. The van der Waals surface area contributed by atoms with Gasteiger partial charge < -0.3 is 33.8 Å². The Morgan fingerprint density at radius 2 is 1.95 bits per heavy atom. The number of nitrogens with two attached hydrogens (primary N) is 1. The second-order valence-corrected chi connectivity index (χ2v) is 9.31. The van der Waals surface area contributed by atoms with E-state index in [1.54, 1.807) is 10.6 Å². The highest BCUT2D eigenvalue weighted by Gasteiger charge is 2.16. The maximum atomic E-state index is 14.0. The number of hydrogen-bond donors (Lipinski definition) is 2. The lowest BCUT2D eigenvalue weighted by molar-refractivity contribution is 0.0244. The summed E-state index contributed by atoms with van der Waals surface area (Å²) in [5, 5.41) is 0. The number of anilines is 1. The molecule has 1 atom stereocenters. The highest BCUT2D eigenvalue weighted by Crippen LogP contribution is 2.39. The Labute approximate surface area is 226 Å². The molecule has 40 heavy (non-hydrogen) atoms. The molecule has 0 saturated heterocycles. The van der Waals surface area contributed by atoms with Gasteiger partial charge in [-0.1, -0.05) is 6.07 Å². The zero-order valence-electron chi connectivity index (χ0n) is 21.0. The Morgan fingerprint density at radius 1 is 1.15 bits per heavy atom. The van der Waals surface area contributed by atoms with Crippen LogP contribution >= 0.6 is 8.38 Å². The van der Waals surface area contributed by atoms with Gasteiger partial charge in [-0.25, -0.2) is 18.6 Å². The van der Waals surface area contributed by atoms with Crippen molar-refractivity contribution >= 4 is 31.6 Å². The van der Waals surface area contributed by atoms with E-state index in [1.807, 2.05) is 0 Å². The van der Waals surface area contributed by atoms with Gasteiger partial charge in [-0.2, -0.15) is 4.98 Å². The van der Waals surface area contributed by atoms with Crippen LogP contribution in [0.5, 0.6) is 11.5 Å². The van der Waals surface area contributed by atoms with Gasteiger partial charge in [0.2, 0.25) is 21.1 Å². The SMILES string of the molecule is COc1ccc(COP(COCCn2cnc3c(=O)[nH]c(N)nc32)OCOC(=O)Oc2ccc(F)cc2)cc1F. The molecule has 0 fully saturated rings. The third-order valence-electron chi connectivity index (χ3n) is 5.15. The molecule has 4 aromatic rings. The summed E-state index contributed by atoms with van der Waals surface area (Å²) in [7, 11) is -0.430. The predicted octanol–water partition coefficient (Wildman–Crippen LogP) is 3.68. The van der Waals surface area contributed by atoms with Gasteiger partial charge in [0.05, 0.1) is 26.7 Å². The van der Waals surface area contributed by atoms with E-state index in [1.165, 1.54) is 37.7 Å². The van der Waals surface area contributed by atoms with E-state index in [0.717, 1.165) is 12.1 Å². The molecule has 0 amide bonds. The minimum Gasteiger partial charge on any atom is -0.494 e. The maximum absolute atomic E-state index is 14.0. The van der Waals surface area contributed by atoms with Gasteiger partial charge in [-0.15, -0.1) is 0 Å². The topological polar surface area (TPSA) is 162 Å². The maximum Gasteiger partial charge on any atom is 0.515 e. The van der Waals surface area contributed by atoms with Crippen molar-refractivity contribution in [1.82, 2.24) is 19.5 Å². The fourth-order valence-corrected chi connectivity index (χ4v) is 4.22. The van der Waals surface area contributed by atoms with Gasteiger partial charge in [0.1, 0.15) is 17.9 Å². The second-order valence-electron chi connectivity index (χ2n) is 7.87. The fraction of sp³-hybridized carbons (Fsp3) is 0.250. The Bertz CT molecular complexity index is 1500. The van der Waals surface area contributed by atoms with Crippen molar-refractivity contribution in [1.29, 1.82) is 0 Å². The molecule has 0 spiro atoms. The van der Waals surface area contributed by atoms with Crippen molar-refractivity contribution in [3.63, 3.8) is 0 Å². The predicted molar refractivity (Wildman–Crippen MR) is 138 cm³/mol. The third kappa shape index (κ3) is 7.93. The third-order valence-corrected chi connectivity index (χ3v) is 6.35. The number of aromatic nitrogens is 4. The molecule has 0 aliphatic heterocycles. The standard InChI is InChI=1S/C24H24F2N5O8P/c1-34-19-7-2-15(10-18(19)26)11-37-40(38-13-36-24(33)39-17-5-3-16(25)4-6-17)14-35-9-8-31-12-28-20-21(31)29-23(27)30-22(20)32/h2-7,10,12H,8-9,11,13-14H2,1H3,(H3,27,29,30,32). The van der Waals surface area contributed by atoms with E-state index in [9.17, 15) is 18.4 Å². The zero-order chi connectivity index (χ0) is 28.5. The summed E-state index contributed by atoms with van der Waals surface area (Å²) in [6, 6.07) is 9.12. The van der Waals surface area contributed by atoms with Crippen molar-refractivity contribution in [2.75, 3.05) is 32.6 Å². The van der Waals surface area contributed by atoms with Crippen molar-refractivity contribution < 1.29 is 41.6 Å². The normalized spacial score (nSPS) is 11.9. The first-order chi connectivity index (χ1) is 19.3. The summed E-state index contributed by atoms with van der Waals surface area (Å²) in [6.45, 7) is -0.145. The average Bonchev–Trinajstić information content (AvgIpc) is 3.33. The number of aromatic amines is 1. The van der Waals surface area contributed by atoms with Crippen LogP contribution < -0.4 is 20.8 Å². The van der Waals surface area contributed by atoms with Crippen LogP contribution in [0.4, 0.5) is 19.5 Å². The van der Waals surface area contributed by atoms with Crippen LogP contribution in [0.15, 0.2) is 53.6 Å². The van der Waals surface area contributed by atoms with Crippen LogP contribution in [-0.2, 0) is 31.7 Å². The number of halogens is 2. The minimum atomic E-state index is -1.79. The number of fused-ring (bicyclic) bond motifs is 1. The highest BCUT2D eigenvalue weighted by atomic mass is 31.2. The van der Waals surface area contributed by atoms with Crippen LogP contribution in [0.1, 0.15) is 5.56 Å². The highest BCUT2D eigenvalue weighted by molar-refractivity contribution is 7.46. The number of benzene rings is 2. The Hall–Kier alpha value is -4.17. The van der Waals surface area contributed by atoms with Gasteiger partial charge in [0, 0.05) is 6.54 Å². The van der Waals surface area contributed by atoms with E-state index in [4.69, 9.17) is 33.7 Å². The van der Waals surface area contributed by atoms with Gasteiger partial charge in [-0.3, -0.25) is 14.3 Å². The molecule has 2 aromatic carbocycles. The summed E-state index contributed by atoms with van der Waals surface area (Å²) in [6.07, 6.45) is 0.311. The monoisotopic (exact) mass is 579 g/mol. The number of nitrogen functional groups attached to an aromatic ring is 1. The Morgan fingerprint density at radius 3 is 2.70 bits per heavy atom. The summed E-state index contributed by atoms with van der Waals surface area (Å²) in [4.78, 5) is 34.3. The molecule has 0 aliphatic carbocycles. The number of hydrogen-bond acceptors (Lipinski definition) is 11. The van der Waals surface area contributed by atoms with Crippen molar-refractivity contribution in [2.24, 2.45) is 0 Å². The molecular weight excluding hydrogens is 555 g/mol. The molecule has 212 valence electrons.